The van der Waals surface area contributed by atoms with Gasteiger partial charge in [0, 0.05) is 23.2 Å². The monoisotopic (exact) mass is 421 g/mol. The minimum Gasteiger partial charge on any atom is -0.353 e. The maximum Gasteiger partial charge on any atom is 0.296 e. The summed E-state index contributed by atoms with van der Waals surface area (Å²) < 4.78 is 38.8. The number of nitrogens with one attached hydrogen (secondary N) is 2. The van der Waals surface area contributed by atoms with Crippen molar-refractivity contribution in [2.24, 2.45) is 5.14 Å². The second-order valence-corrected chi connectivity index (χ2v) is 7.95. The molecule has 0 radical (unpaired) electrons. The number of H-pyrrole nitrogens is 1. The summed E-state index contributed by atoms with van der Waals surface area (Å²) in [5, 5.41) is 5.22. The van der Waals surface area contributed by atoms with Crippen LogP contribution in [0.15, 0.2) is 54.6 Å². The highest BCUT2D eigenvalue weighted by molar-refractivity contribution is 7.90. The number of rotatable bonds is 6. The van der Waals surface area contributed by atoms with Crippen LogP contribution in [0.3, 0.4) is 0 Å². The van der Waals surface area contributed by atoms with Crippen molar-refractivity contribution in [1.82, 2.24) is 4.98 Å². The molecule has 0 aliphatic heterocycles. The molecule has 0 saturated carbocycles. The maximum absolute atomic E-state index is 14.5. The van der Waals surface area contributed by atoms with Gasteiger partial charge in [0.1, 0.15) is 5.82 Å². The number of carbonyl (C=O) groups is 1. The van der Waals surface area contributed by atoms with Gasteiger partial charge in [0.05, 0.1) is 16.4 Å². The second kappa shape index (κ2) is 7.75. The van der Waals surface area contributed by atoms with Gasteiger partial charge in [-0.3, -0.25) is 9.52 Å². The summed E-state index contributed by atoms with van der Waals surface area (Å²) in [5.41, 5.74) is 1.63. The van der Waals surface area contributed by atoms with Gasteiger partial charge in [-0.05, 0) is 29.8 Å². The van der Waals surface area contributed by atoms with Crippen LogP contribution in [0.1, 0.15) is 40.2 Å². The van der Waals surface area contributed by atoms with Crippen molar-refractivity contribution >= 4 is 33.3 Å². The zero-order valence-corrected chi connectivity index (χ0v) is 16.3. The summed E-state index contributed by atoms with van der Waals surface area (Å²) >= 11 is 6.05. The van der Waals surface area contributed by atoms with E-state index in [0.29, 0.717) is 5.69 Å². The number of anilines is 1. The molecule has 0 spiro atoms. The van der Waals surface area contributed by atoms with Gasteiger partial charge in [-0.1, -0.05) is 42.8 Å². The third kappa shape index (κ3) is 4.41. The summed E-state index contributed by atoms with van der Waals surface area (Å²) in [5.74, 6) is -1.36. The molecule has 0 fully saturated rings. The van der Waals surface area contributed by atoms with E-state index < -0.39 is 27.7 Å². The zero-order valence-electron chi connectivity index (χ0n) is 14.7. The number of aromatic nitrogens is 1. The van der Waals surface area contributed by atoms with Crippen molar-refractivity contribution in [1.29, 1.82) is 0 Å². The SMILES string of the molecule is CC(c1ccc(NS(N)(=O)=O)cc1)c1[nH]c(C(=O)c2ccccc2Cl)cc1F. The average molecular weight is 422 g/mol. The predicted molar refractivity (Wildman–Crippen MR) is 106 cm³/mol. The van der Waals surface area contributed by atoms with E-state index in [9.17, 15) is 17.6 Å². The molecule has 146 valence electrons. The minimum absolute atomic E-state index is 0.0972. The summed E-state index contributed by atoms with van der Waals surface area (Å²) in [6.07, 6.45) is 0. The molecule has 0 aliphatic rings. The Morgan fingerprint density at radius 2 is 1.82 bits per heavy atom. The highest BCUT2D eigenvalue weighted by atomic mass is 35.5. The second-order valence-electron chi connectivity index (χ2n) is 6.24. The van der Waals surface area contributed by atoms with E-state index in [1.807, 2.05) is 0 Å². The molecule has 0 saturated heterocycles. The molecular formula is C19H17ClFN3O3S. The summed E-state index contributed by atoms with van der Waals surface area (Å²) in [6.45, 7) is 1.76. The maximum atomic E-state index is 14.5. The van der Waals surface area contributed by atoms with E-state index in [0.717, 1.165) is 11.6 Å². The van der Waals surface area contributed by atoms with Crippen LogP contribution in [0.4, 0.5) is 10.1 Å². The lowest BCUT2D eigenvalue weighted by Crippen LogP contribution is -2.21. The predicted octanol–water partition coefficient (Wildman–Crippen LogP) is 3.81. The van der Waals surface area contributed by atoms with E-state index in [2.05, 4.69) is 9.71 Å². The molecule has 1 heterocycles. The van der Waals surface area contributed by atoms with Crippen LogP contribution >= 0.6 is 11.6 Å². The van der Waals surface area contributed by atoms with E-state index >= 15 is 0 Å². The molecule has 3 aromatic rings. The lowest BCUT2D eigenvalue weighted by atomic mass is 9.97. The lowest BCUT2D eigenvalue weighted by Gasteiger charge is -2.12. The van der Waals surface area contributed by atoms with Gasteiger partial charge in [-0.25, -0.2) is 9.53 Å². The third-order valence-corrected chi connectivity index (χ3v) is 5.11. The quantitative estimate of drug-likeness (QED) is 0.527. The van der Waals surface area contributed by atoms with Crippen molar-refractivity contribution in [2.75, 3.05) is 4.72 Å². The Morgan fingerprint density at radius 3 is 2.43 bits per heavy atom. The first kappa shape index (κ1) is 20.1. The van der Waals surface area contributed by atoms with Crippen LogP contribution in [-0.2, 0) is 10.2 Å². The number of hydrogen-bond donors (Lipinski definition) is 3. The lowest BCUT2D eigenvalue weighted by molar-refractivity contribution is 0.103. The molecular weight excluding hydrogens is 405 g/mol. The topological polar surface area (TPSA) is 105 Å². The zero-order chi connectivity index (χ0) is 20.5. The van der Waals surface area contributed by atoms with Gasteiger partial charge in [-0.15, -0.1) is 0 Å². The van der Waals surface area contributed by atoms with Crippen LogP contribution in [0.25, 0.3) is 0 Å². The van der Waals surface area contributed by atoms with Crippen LogP contribution < -0.4 is 9.86 Å². The molecule has 9 heteroatoms. The summed E-state index contributed by atoms with van der Waals surface area (Å²) in [4.78, 5) is 15.5. The van der Waals surface area contributed by atoms with E-state index in [-0.39, 0.29) is 22.0 Å². The van der Waals surface area contributed by atoms with Crippen molar-refractivity contribution in [3.8, 4) is 0 Å². The van der Waals surface area contributed by atoms with Crippen molar-refractivity contribution in [2.45, 2.75) is 12.8 Å². The normalized spacial score (nSPS) is 12.6. The molecule has 3 rings (SSSR count). The Bertz CT molecular complexity index is 1130. The van der Waals surface area contributed by atoms with Crippen molar-refractivity contribution in [3.05, 3.63) is 88.0 Å². The van der Waals surface area contributed by atoms with Gasteiger partial charge in [0.2, 0.25) is 5.78 Å². The number of ketones is 1. The molecule has 28 heavy (non-hydrogen) atoms. The first-order chi connectivity index (χ1) is 13.2. The van der Waals surface area contributed by atoms with Crippen LogP contribution in [0.2, 0.25) is 5.02 Å². The Kier molecular flexibility index (Phi) is 5.55. The molecule has 2 aromatic carbocycles. The molecule has 4 N–H and O–H groups in total. The van der Waals surface area contributed by atoms with E-state index in [1.165, 1.54) is 12.1 Å². The minimum atomic E-state index is -3.87. The molecule has 6 nitrogen and oxygen atoms in total. The first-order valence-electron chi connectivity index (χ1n) is 8.24. The number of halogens is 2. The van der Waals surface area contributed by atoms with Crippen LogP contribution in [-0.4, -0.2) is 19.2 Å². The molecule has 1 atom stereocenters. The molecule has 0 aliphatic carbocycles. The summed E-state index contributed by atoms with van der Waals surface area (Å²) in [7, 11) is -3.87. The average Bonchev–Trinajstić information content (AvgIpc) is 3.02. The largest absolute Gasteiger partial charge is 0.353 e. The fourth-order valence-electron chi connectivity index (χ4n) is 2.84. The highest BCUT2D eigenvalue weighted by Crippen LogP contribution is 2.28. The first-order valence-corrected chi connectivity index (χ1v) is 10.2. The van der Waals surface area contributed by atoms with Gasteiger partial charge in [-0.2, -0.15) is 8.42 Å². The Hall–Kier alpha value is -2.68. The highest BCUT2D eigenvalue weighted by Gasteiger charge is 2.21. The smallest absolute Gasteiger partial charge is 0.296 e. The molecule has 0 bridgehead atoms. The van der Waals surface area contributed by atoms with E-state index in [4.69, 9.17) is 16.7 Å². The fourth-order valence-corrected chi connectivity index (χ4v) is 3.53. The third-order valence-electron chi connectivity index (χ3n) is 4.26. The Labute approximate surface area is 166 Å². The van der Waals surface area contributed by atoms with Gasteiger partial charge < -0.3 is 4.98 Å². The van der Waals surface area contributed by atoms with E-state index in [1.54, 1.807) is 43.3 Å². The number of nitrogens with two attached hydrogens (primary N) is 1. The Morgan fingerprint density at radius 1 is 1.18 bits per heavy atom. The molecule has 1 unspecified atom stereocenters. The number of carbonyl (C=O) groups excluding carboxylic acids is 1. The summed E-state index contributed by atoms with van der Waals surface area (Å²) in [6, 6.07) is 14.0. The Balaban J connectivity index is 1.86. The van der Waals surface area contributed by atoms with Gasteiger partial charge in [0.15, 0.2) is 0 Å². The van der Waals surface area contributed by atoms with Crippen molar-refractivity contribution in [3.63, 3.8) is 0 Å². The van der Waals surface area contributed by atoms with Crippen molar-refractivity contribution < 1.29 is 17.6 Å². The molecule has 1 aromatic heterocycles. The fraction of sp³-hybridized carbons (Fsp3) is 0.105. The number of benzene rings is 2. The van der Waals surface area contributed by atoms with Crippen LogP contribution in [0, 0.1) is 5.82 Å². The standard InChI is InChI=1S/C19H17ClFN3O3S/c1-11(12-6-8-13(9-7-12)24-28(22,26)27)18-16(21)10-17(23-18)19(25)14-4-2-3-5-15(14)20/h2-11,23-24H,1H3,(H2,22,26,27). The van der Waals surface area contributed by atoms with Gasteiger partial charge >= 0.3 is 0 Å². The van der Waals surface area contributed by atoms with Crippen LogP contribution in [0.5, 0.6) is 0 Å². The molecule has 0 amide bonds. The number of hydrogen-bond acceptors (Lipinski definition) is 3. The van der Waals surface area contributed by atoms with Gasteiger partial charge in [0.25, 0.3) is 10.2 Å². The number of aromatic amines is 1.